The second-order valence-corrected chi connectivity index (χ2v) is 3.04. The van der Waals surface area contributed by atoms with E-state index in [9.17, 15) is 0 Å². The molecule has 0 unspecified atom stereocenters. The van der Waals surface area contributed by atoms with Gasteiger partial charge in [0.15, 0.2) is 0 Å². The van der Waals surface area contributed by atoms with E-state index in [2.05, 4.69) is 22.7 Å². The summed E-state index contributed by atoms with van der Waals surface area (Å²) in [7, 11) is 0. The molecule has 2 aromatic rings. The summed E-state index contributed by atoms with van der Waals surface area (Å²) in [5, 5.41) is 8.62. The number of hydrogen-bond donors (Lipinski definition) is 2. The summed E-state index contributed by atoms with van der Waals surface area (Å²) in [6.07, 6.45) is 5.44. The molecule has 0 aliphatic heterocycles. The SMILES string of the molecule is N#Cc1ccc(Cn2ccnc2)cc1.NN.O. The van der Waals surface area contributed by atoms with Crippen molar-refractivity contribution in [1.82, 2.24) is 9.55 Å². The summed E-state index contributed by atoms with van der Waals surface area (Å²) < 4.78 is 1.99. The van der Waals surface area contributed by atoms with E-state index in [-0.39, 0.29) is 5.48 Å². The Bertz CT molecular complexity index is 444. The number of hydrogen-bond acceptors (Lipinski definition) is 4. The third-order valence-electron chi connectivity index (χ3n) is 2.01. The Morgan fingerprint density at radius 2 is 1.88 bits per heavy atom. The van der Waals surface area contributed by atoms with Crippen molar-refractivity contribution in [3.05, 3.63) is 54.1 Å². The molecule has 0 radical (unpaired) electrons. The number of nitriles is 1. The highest BCUT2D eigenvalue weighted by molar-refractivity contribution is 5.31. The van der Waals surface area contributed by atoms with E-state index < -0.39 is 0 Å². The van der Waals surface area contributed by atoms with Crippen LogP contribution in [0.4, 0.5) is 0 Å². The van der Waals surface area contributed by atoms with Crippen molar-refractivity contribution < 1.29 is 5.48 Å². The van der Waals surface area contributed by atoms with Crippen LogP contribution >= 0.6 is 0 Å². The lowest BCUT2D eigenvalue weighted by Gasteiger charge is -2.01. The van der Waals surface area contributed by atoms with Gasteiger partial charge in [0.05, 0.1) is 18.0 Å². The molecule has 0 amide bonds. The highest BCUT2D eigenvalue weighted by atomic mass is 16.0. The van der Waals surface area contributed by atoms with Crippen molar-refractivity contribution in [3.8, 4) is 6.07 Å². The van der Waals surface area contributed by atoms with Gasteiger partial charge in [-0.25, -0.2) is 4.98 Å². The van der Waals surface area contributed by atoms with Crippen molar-refractivity contribution in [3.63, 3.8) is 0 Å². The van der Waals surface area contributed by atoms with Crippen LogP contribution in [-0.4, -0.2) is 15.0 Å². The van der Waals surface area contributed by atoms with Crippen LogP contribution in [0.2, 0.25) is 0 Å². The van der Waals surface area contributed by atoms with Crippen LogP contribution in [0.3, 0.4) is 0 Å². The van der Waals surface area contributed by atoms with Crippen molar-refractivity contribution in [1.29, 1.82) is 5.26 Å². The molecule has 2 rings (SSSR count). The number of nitrogens with zero attached hydrogens (tertiary/aromatic N) is 3. The second kappa shape index (κ2) is 8.01. The van der Waals surface area contributed by atoms with Crippen LogP contribution in [0.15, 0.2) is 43.0 Å². The van der Waals surface area contributed by atoms with Gasteiger partial charge < -0.3 is 10.0 Å². The van der Waals surface area contributed by atoms with Crippen LogP contribution in [0.1, 0.15) is 11.1 Å². The summed E-state index contributed by atoms with van der Waals surface area (Å²) in [5.74, 6) is 8.00. The fourth-order valence-electron chi connectivity index (χ4n) is 1.28. The van der Waals surface area contributed by atoms with E-state index in [0.717, 1.165) is 6.54 Å². The minimum atomic E-state index is 0. The highest BCUT2D eigenvalue weighted by Crippen LogP contribution is 2.05. The number of imidazole rings is 1. The number of nitrogens with two attached hydrogens (primary N) is 2. The third-order valence-corrected chi connectivity index (χ3v) is 2.01. The number of aromatic nitrogens is 2. The molecule has 17 heavy (non-hydrogen) atoms. The molecule has 0 aliphatic carbocycles. The molecule has 1 heterocycles. The lowest BCUT2D eigenvalue weighted by atomic mass is 10.1. The van der Waals surface area contributed by atoms with Gasteiger partial charge in [0.2, 0.25) is 0 Å². The van der Waals surface area contributed by atoms with E-state index >= 15 is 0 Å². The topological polar surface area (TPSA) is 125 Å². The van der Waals surface area contributed by atoms with E-state index in [4.69, 9.17) is 5.26 Å². The maximum atomic E-state index is 8.62. The fraction of sp³-hybridized carbons (Fsp3) is 0.0909. The van der Waals surface area contributed by atoms with Gasteiger partial charge in [-0.05, 0) is 17.7 Å². The molecule has 0 bridgehead atoms. The van der Waals surface area contributed by atoms with Gasteiger partial charge in [0.1, 0.15) is 0 Å². The Labute approximate surface area is 99.4 Å². The smallest absolute Gasteiger partial charge is 0.0991 e. The molecule has 0 saturated carbocycles. The third kappa shape index (κ3) is 4.44. The minimum Gasteiger partial charge on any atom is -0.412 e. The second-order valence-electron chi connectivity index (χ2n) is 3.04. The first kappa shape index (κ1) is 14.8. The van der Waals surface area contributed by atoms with Crippen molar-refractivity contribution in [2.45, 2.75) is 6.54 Å². The Morgan fingerprint density at radius 1 is 1.24 bits per heavy atom. The number of benzene rings is 1. The fourth-order valence-corrected chi connectivity index (χ4v) is 1.28. The highest BCUT2D eigenvalue weighted by Gasteiger charge is 1.94. The van der Waals surface area contributed by atoms with Crippen molar-refractivity contribution >= 4 is 0 Å². The lowest BCUT2D eigenvalue weighted by Crippen LogP contribution is -2.02. The zero-order chi connectivity index (χ0) is 11.8. The lowest BCUT2D eigenvalue weighted by molar-refractivity contribution is 0.797. The summed E-state index contributed by atoms with van der Waals surface area (Å²) in [5.41, 5.74) is 1.86. The van der Waals surface area contributed by atoms with Crippen LogP contribution in [0, 0.1) is 11.3 Å². The molecule has 0 atom stereocenters. The van der Waals surface area contributed by atoms with Gasteiger partial charge in [-0.1, -0.05) is 12.1 Å². The molecule has 6 nitrogen and oxygen atoms in total. The first-order valence-electron chi connectivity index (χ1n) is 4.66. The maximum Gasteiger partial charge on any atom is 0.0991 e. The van der Waals surface area contributed by atoms with Crippen molar-refractivity contribution in [2.24, 2.45) is 11.7 Å². The Balaban J connectivity index is 0.000000811. The normalized spacial score (nSPS) is 8.29. The molecule has 90 valence electrons. The first-order valence-corrected chi connectivity index (χ1v) is 4.66. The molecular formula is C11H15N5O. The molecule has 1 aromatic heterocycles. The molecule has 0 fully saturated rings. The summed E-state index contributed by atoms with van der Waals surface area (Å²) in [4.78, 5) is 3.96. The summed E-state index contributed by atoms with van der Waals surface area (Å²) >= 11 is 0. The molecule has 0 aliphatic rings. The molecular weight excluding hydrogens is 218 g/mol. The van der Waals surface area contributed by atoms with Gasteiger partial charge >= 0.3 is 0 Å². The Hall–Kier alpha value is -2.20. The predicted octanol–water partition coefficient (Wildman–Crippen LogP) is -0.203. The van der Waals surface area contributed by atoms with Crippen LogP contribution in [0.25, 0.3) is 0 Å². The zero-order valence-corrected chi connectivity index (χ0v) is 9.24. The van der Waals surface area contributed by atoms with Crippen LogP contribution in [0.5, 0.6) is 0 Å². The quantitative estimate of drug-likeness (QED) is 0.550. The van der Waals surface area contributed by atoms with Crippen LogP contribution in [-0.2, 0) is 6.54 Å². The van der Waals surface area contributed by atoms with Gasteiger partial charge in [-0.15, -0.1) is 0 Å². The number of rotatable bonds is 2. The molecule has 6 heteroatoms. The Morgan fingerprint density at radius 3 is 2.35 bits per heavy atom. The average Bonchev–Trinajstić information content (AvgIpc) is 2.86. The van der Waals surface area contributed by atoms with E-state index in [1.165, 1.54) is 5.56 Å². The molecule has 0 saturated heterocycles. The summed E-state index contributed by atoms with van der Waals surface area (Å²) in [6.45, 7) is 0.797. The van der Waals surface area contributed by atoms with E-state index in [0.29, 0.717) is 5.56 Å². The van der Waals surface area contributed by atoms with Crippen LogP contribution < -0.4 is 11.7 Å². The monoisotopic (exact) mass is 233 g/mol. The minimum absolute atomic E-state index is 0. The van der Waals surface area contributed by atoms with Gasteiger partial charge in [-0.3, -0.25) is 11.7 Å². The number of hydrazine groups is 1. The molecule has 0 spiro atoms. The average molecular weight is 233 g/mol. The van der Waals surface area contributed by atoms with Crippen molar-refractivity contribution in [2.75, 3.05) is 0 Å². The Kier molecular flexibility index (Phi) is 6.97. The predicted molar refractivity (Wildman–Crippen MR) is 64.5 cm³/mol. The first-order chi connectivity index (χ1) is 7.88. The van der Waals surface area contributed by atoms with E-state index in [1.807, 2.05) is 35.0 Å². The van der Waals surface area contributed by atoms with Gasteiger partial charge in [-0.2, -0.15) is 5.26 Å². The zero-order valence-electron chi connectivity index (χ0n) is 9.24. The van der Waals surface area contributed by atoms with Gasteiger partial charge in [0, 0.05) is 18.9 Å². The molecule has 1 aromatic carbocycles. The van der Waals surface area contributed by atoms with E-state index in [1.54, 1.807) is 12.5 Å². The van der Waals surface area contributed by atoms with Gasteiger partial charge in [0.25, 0.3) is 0 Å². The standard InChI is InChI=1S/C11H9N3.H4N2.H2O/c12-7-10-1-3-11(4-2-10)8-14-6-5-13-9-14;1-2;/h1-6,9H,8H2;1-2H2;1H2. The largest absolute Gasteiger partial charge is 0.412 e. The maximum absolute atomic E-state index is 8.62. The summed E-state index contributed by atoms with van der Waals surface area (Å²) in [6, 6.07) is 9.66. The molecule has 6 N–H and O–H groups in total.